The van der Waals surface area contributed by atoms with Crippen LogP contribution in [0.15, 0.2) is 24.3 Å². The third-order valence-electron chi connectivity index (χ3n) is 3.16. The maximum absolute atomic E-state index is 12.0. The van der Waals surface area contributed by atoms with E-state index in [1.165, 1.54) is 19.7 Å². The van der Waals surface area contributed by atoms with Gasteiger partial charge in [-0.3, -0.25) is 4.79 Å². The van der Waals surface area contributed by atoms with E-state index in [9.17, 15) is 13.2 Å². The lowest BCUT2D eigenvalue weighted by molar-refractivity contribution is -0.140. The second-order valence-corrected chi connectivity index (χ2v) is 6.51. The zero-order valence-electron chi connectivity index (χ0n) is 12.6. The number of ether oxygens (including phenoxy) is 1. The van der Waals surface area contributed by atoms with Crippen molar-refractivity contribution in [2.24, 2.45) is 0 Å². The molecule has 1 rings (SSSR count). The number of hydrogen-bond donors (Lipinski definition) is 1. The van der Waals surface area contributed by atoms with Gasteiger partial charge in [-0.05, 0) is 17.5 Å². The van der Waals surface area contributed by atoms with E-state index in [1.807, 2.05) is 24.3 Å². The van der Waals surface area contributed by atoms with E-state index in [1.54, 1.807) is 0 Å². The van der Waals surface area contributed by atoms with Crippen LogP contribution in [0.25, 0.3) is 0 Å². The highest BCUT2D eigenvalue weighted by Crippen LogP contribution is 2.06. The fourth-order valence-corrected chi connectivity index (χ4v) is 2.55. The minimum Gasteiger partial charge on any atom is -0.469 e. The zero-order valence-corrected chi connectivity index (χ0v) is 13.4. The number of aryl methyl sites for hydroxylation is 1. The number of methoxy groups -OCH3 is 1. The van der Waals surface area contributed by atoms with Gasteiger partial charge in [0, 0.05) is 20.1 Å². The van der Waals surface area contributed by atoms with Crippen molar-refractivity contribution in [3.05, 3.63) is 35.4 Å². The number of benzene rings is 1. The van der Waals surface area contributed by atoms with E-state index < -0.39 is 16.2 Å². The summed E-state index contributed by atoms with van der Waals surface area (Å²) in [7, 11) is -0.908. The zero-order chi connectivity index (χ0) is 15.9. The van der Waals surface area contributed by atoms with Gasteiger partial charge in [0.2, 0.25) is 0 Å². The smallest absolute Gasteiger partial charge is 0.306 e. The Morgan fingerprint density at radius 2 is 1.81 bits per heavy atom. The second-order valence-electron chi connectivity index (χ2n) is 4.64. The number of esters is 1. The van der Waals surface area contributed by atoms with Crippen molar-refractivity contribution in [1.82, 2.24) is 9.03 Å². The summed E-state index contributed by atoms with van der Waals surface area (Å²) in [5.74, 6) is -0.438. The standard InChI is InChI=1S/C14H22N2O4S/c1-4-12-5-7-13(8-6-12)11-15-21(18,19)16(2)10-9-14(17)20-3/h5-8,15H,4,9-11H2,1-3H3. The summed E-state index contributed by atoms with van der Waals surface area (Å²) in [5.41, 5.74) is 2.09. The lowest BCUT2D eigenvalue weighted by Gasteiger charge is -2.17. The number of nitrogens with one attached hydrogen (secondary N) is 1. The molecule has 0 aliphatic heterocycles. The van der Waals surface area contributed by atoms with Crippen LogP contribution in [-0.2, 0) is 32.7 Å². The minimum absolute atomic E-state index is 0.0269. The van der Waals surface area contributed by atoms with Crippen LogP contribution in [0.5, 0.6) is 0 Å². The van der Waals surface area contributed by atoms with Gasteiger partial charge in [0.15, 0.2) is 0 Å². The van der Waals surface area contributed by atoms with Gasteiger partial charge in [-0.25, -0.2) is 0 Å². The molecule has 7 heteroatoms. The molecular weight excluding hydrogens is 292 g/mol. The maximum atomic E-state index is 12.0. The third-order valence-corrected chi connectivity index (χ3v) is 4.67. The quantitative estimate of drug-likeness (QED) is 0.729. The predicted octanol–water partition coefficient (Wildman–Crippen LogP) is 1.08. The van der Waals surface area contributed by atoms with E-state index in [0.717, 1.165) is 16.3 Å². The number of carbonyl (C=O) groups is 1. The normalized spacial score (nSPS) is 11.6. The third kappa shape index (κ3) is 5.82. The van der Waals surface area contributed by atoms with Gasteiger partial charge in [-0.2, -0.15) is 17.4 Å². The van der Waals surface area contributed by atoms with E-state index >= 15 is 0 Å². The van der Waals surface area contributed by atoms with Crippen molar-refractivity contribution in [2.45, 2.75) is 26.3 Å². The Labute approximate surface area is 126 Å². The Morgan fingerprint density at radius 3 is 2.33 bits per heavy atom. The summed E-state index contributed by atoms with van der Waals surface area (Å²) in [6.45, 7) is 2.36. The molecule has 118 valence electrons. The fourth-order valence-electron chi connectivity index (χ4n) is 1.65. The molecule has 0 atom stereocenters. The van der Waals surface area contributed by atoms with E-state index in [2.05, 4.69) is 16.4 Å². The number of nitrogens with zero attached hydrogens (tertiary/aromatic N) is 1. The molecular formula is C14H22N2O4S. The van der Waals surface area contributed by atoms with Crippen LogP contribution >= 0.6 is 0 Å². The Morgan fingerprint density at radius 1 is 1.24 bits per heavy atom. The number of hydrogen-bond acceptors (Lipinski definition) is 4. The first kappa shape index (κ1) is 17.6. The fraction of sp³-hybridized carbons (Fsp3) is 0.500. The lowest BCUT2D eigenvalue weighted by atomic mass is 10.1. The summed E-state index contributed by atoms with van der Waals surface area (Å²) in [5, 5.41) is 0. The first-order valence-corrected chi connectivity index (χ1v) is 8.18. The maximum Gasteiger partial charge on any atom is 0.306 e. The van der Waals surface area contributed by atoms with Crippen LogP contribution in [0, 0.1) is 0 Å². The van der Waals surface area contributed by atoms with Crippen molar-refractivity contribution in [1.29, 1.82) is 0 Å². The Balaban J connectivity index is 2.52. The Kier molecular flexibility index (Phi) is 6.80. The summed E-state index contributed by atoms with van der Waals surface area (Å²) >= 11 is 0. The SMILES string of the molecule is CCc1ccc(CNS(=O)(=O)N(C)CCC(=O)OC)cc1. The van der Waals surface area contributed by atoms with Crippen molar-refractivity contribution in [3.8, 4) is 0 Å². The van der Waals surface area contributed by atoms with Crippen LogP contribution in [0.1, 0.15) is 24.5 Å². The van der Waals surface area contributed by atoms with Gasteiger partial charge >= 0.3 is 5.97 Å². The molecule has 0 radical (unpaired) electrons. The number of carbonyl (C=O) groups excluding carboxylic acids is 1. The Hall–Kier alpha value is -1.44. The molecule has 0 unspecified atom stereocenters. The Bertz CT molecular complexity index is 555. The van der Waals surface area contributed by atoms with Crippen LogP contribution in [0.3, 0.4) is 0 Å². The molecule has 6 nitrogen and oxygen atoms in total. The van der Waals surface area contributed by atoms with Gasteiger partial charge in [-0.15, -0.1) is 0 Å². The molecule has 1 aromatic carbocycles. The average molecular weight is 314 g/mol. The minimum atomic E-state index is -3.60. The van der Waals surface area contributed by atoms with Crippen LogP contribution in [-0.4, -0.2) is 39.4 Å². The summed E-state index contributed by atoms with van der Waals surface area (Å²) < 4.78 is 32.1. The molecule has 0 aliphatic rings. The molecule has 0 bridgehead atoms. The van der Waals surface area contributed by atoms with Crippen molar-refractivity contribution in [3.63, 3.8) is 0 Å². The van der Waals surface area contributed by atoms with E-state index in [0.29, 0.717) is 0 Å². The first-order valence-electron chi connectivity index (χ1n) is 6.74. The van der Waals surface area contributed by atoms with Crippen LogP contribution < -0.4 is 4.72 Å². The van der Waals surface area contributed by atoms with Crippen LogP contribution in [0.2, 0.25) is 0 Å². The number of rotatable bonds is 8. The van der Waals surface area contributed by atoms with Gasteiger partial charge in [0.1, 0.15) is 0 Å². The average Bonchev–Trinajstić information content (AvgIpc) is 2.50. The topological polar surface area (TPSA) is 75.7 Å². The molecule has 1 aromatic rings. The van der Waals surface area contributed by atoms with Crippen LogP contribution in [0.4, 0.5) is 0 Å². The molecule has 0 aromatic heterocycles. The molecule has 0 spiro atoms. The highest BCUT2D eigenvalue weighted by molar-refractivity contribution is 7.87. The van der Waals surface area contributed by atoms with E-state index in [4.69, 9.17) is 0 Å². The monoisotopic (exact) mass is 314 g/mol. The molecule has 0 fully saturated rings. The highest BCUT2D eigenvalue weighted by Gasteiger charge is 2.18. The predicted molar refractivity (Wildman–Crippen MR) is 80.8 cm³/mol. The van der Waals surface area contributed by atoms with Crippen molar-refractivity contribution < 1.29 is 17.9 Å². The summed E-state index contributed by atoms with van der Waals surface area (Å²) in [6.07, 6.45) is 0.974. The van der Waals surface area contributed by atoms with Gasteiger partial charge < -0.3 is 4.74 Å². The molecule has 0 amide bonds. The molecule has 21 heavy (non-hydrogen) atoms. The van der Waals surface area contributed by atoms with Crippen molar-refractivity contribution in [2.75, 3.05) is 20.7 Å². The highest BCUT2D eigenvalue weighted by atomic mass is 32.2. The molecule has 1 N–H and O–H groups in total. The molecule has 0 aliphatic carbocycles. The lowest BCUT2D eigenvalue weighted by Crippen LogP contribution is -2.38. The van der Waals surface area contributed by atoms with E-state index in [-0.39, 0.29) is 19.5 Å². The summed E-state index contributed by atoms with van der Waals surface area (Å²) in [6, 6.07) is 7.75. The molecule has 0 heterocycles. The van der Waals surface area contributed by atoms with Gasteiger partial charge in [-0.1, -0.05) is 31.2 Å². The summed E-state index contributed by atoms with van der Waals surface area (Å²) in [4.78, 5) is 11.0. The van der Waals surface area contributed by atoms with Gasteiger partial charge in [0.25, 0.3) is 10.2 Å². The first-order chi connectivity index (χ1) is 9.89. The molecule has 0 saturated heterocycles. The van der Waals surface area contributed by atoms with Crippen molar-refractivity contribution >= 4 is 16.2 Å². The largest absolute Gasteiger partial charge is 0.469 e. The molecule has 0 saturated carbocycles. The second kappa shape index (κ2) is 8.11. The van der Waals surface area contributed by atoms with Gasteiger partial charge in [0.05, 0.1) is 13.5 Å².